The largest absolute Gasteiger partial charge is 0.448 e. The number of rotatable bonds is 5. The van der Waals surface area contributed by atoms with Crippen molar-refractivity contribution in [2.75, 3.05) is 13.2 Å². The second-order valence-electron chi connectivity index (χ2n) is 8.77. The Hall–Kier alpha value is -0.636. The minimum Gasteiger partial charge on any atom is -0.448 e. The normalized spacial score (nSPS) is 19.8. The summed E-state index contributed by atoms with van der Waals surface area (Å²) in [6.07, 6.45) is 2.80. The maximum Gasteiger partial charge on any atom is 0.434 e. The maximum absolute atomic E-state index is 12.1. The molecular weight excluding hydrogens is 326 g/mol. The van der Waals surface area contributed by atoms with Crippen molar-refractivity contribution in [1.29, 1.82) is 0 Å². The van der Waals surface area contributed by atoms with Crippen LogP contribution in [0.15, 0.2) is 12.2 Å². The molecule has 0 fully saturated rings. The van der Waals surface area contributed by atoms with Crippen molar-refractivity contribution >= 4 is 22.5 Å². The van der Waals surface area contributed by atoms with Crippen molar-refractivity contribution in [2.24, 2.45) is 0 Å². The van der Waals surface area contributed by atoms with Crippen LogP contribution in [-0.4, -0.2) is 47.0 Å². The van der Waals surface area contributed by atoms with Gasteiger partial charge in [-0.25, -0.2) is 9.63 Å². The molecule has 23 heavy (non-hydrogen) atoms. The molecule has 0 aromatic heterocycles. The zero-order valence-electron chi connectivity index (χ0n) is 15.9. The highest BCUT2D eigenvalue weighted by Crippen LogP contribution is 2.37. The molecule has 1 heterocycles. The number of carbonyl (C=O) groups excluding carboxylic acids is 1. The van der Waals surface area contributed by atoms with Crippen LogP contribution in [0.5, 0.6) is 0 Å². The lowest BCUT2D eigenvalue weighted by Gasteiger charge is -2.39. The Labute approximate surface area is 143 Å². The van der Waals surface area contributed by atoms with E-state index in [1.165, 1.54) is 5.06 Å². The Morgan fingerprint density at radius 3 is 2.39 bits per heavy atom. The first-order valence-electron chi connectivity index (χ1n) is 8.27. The summed E-state index contributed by atoms with van der Waals surface area (Å²) >= 11 is 0. The highest BCUT2D eigenvalue weighted by atomic mass is 28.4. The zero-order chi connectivity index (χ0) is 17.9. The van der Waals surface area contributed by atoms with E-state index in [1.807, 2.05) is 12.2 Å². The summed E-state index contributed by atoms with van der Waals surface area (Å²) in [5.74, 6) is 0. The third kappa shape index (κ3) is 6.78. The van der Waals surface area contributed by atoms with Crippen molar-refractivity contribution in [3.63, 3.8) is 0 Å². The van der Waals surface area contributed by atoms with E-state index in [9.17, 15) is 4.79 Å². The molecule has 1 aliphatic rings. The van der Waals surface area contributed by atoms with Gasteiger partial charge >= 0.3 is 6.09 Å². The monoisotopic (exact) mass is 359 g/mol. The van der Waals surface area contributed by atoms with E-state index in [-0.39, 0.29) is 5.04 Å². The minimum absolute atomic E-state index is 0.0876. The van der Waals surface area contributed by atoms with Gasteiger partial charge in [-0.2, -0.15) is 5.06 Å². The van der Waals surface area contributed by atoms with Gasteiger partial charge in [0.05, 0.1) is 13.2 Å². The maximum atomic E-state index is 12.1. The topological polar surface area (TPSA) is 48.0 Å². The molecule has 134 valence electrons. The van der Waals surface area contributed by atoms with Crippen molar-refractivity contribution < 1.29 is 18.8 Å². The minimum atomic E-state index is -1.96. The highest BCUT2D eigenvalue weighted by Gasteiger charge is 2.40. The smallest absolute Gasteiger partial charge is 0.434 e. The Morgan fingerprint density at radius 2 is 1.87 bits per heavy atom. The van der Waals surface area contributed by atoms with Crippen LogP contribution in [0.2, 0.25) is 43.8 Å². The second-order valence-corrected chi connectivity index (χ2v) is 19.1. The van der Waals surface area contributed by atoms with E-state index >= 15 is 0 Å². The molecule has 0 radical (unpaired) electrons. The van der Waals surface area contributed by atoms with E-state index in [4.69, 9.17) is 14.0 Å². The number of ether oxygens (including phenoxy) is 1. The average molecular weight is 360 g/mol. The van der Waals surface area contributed by atoms with Gasteiger partial charge in [-0.1, -0.05) is 46.5 Å². The Balaban J connectivity index is 2.53. The molecule has 1 atom stereocenters. The summed E-state index contributed by atoms with van der Waals surface area (Å²) in [6, 6.07) is 0.951. The summed E-state index contributed by atoms with van der Waals surface area (Å²) in [5, 5.41) is 1.34. The Bertz CT molecular complexity index is 438. The van der Waals surface area contributed by atoms with Gasteiger partial charge in [-0.15, -0.1) is 0 Å². The van der Waals surface area contributed by atoms with Crippen LogP contribution in [0.4, 0.5) is 4.79 Å². The molecule has 1 aliphatic heterocycles. The fraction of sp³-hybridized carbons (Fsp3) is 0.812. The predicted octanol–water partition coefficient (Wildman–Crippen LogP) is 4.61. The average Bonchev–Trinajstić information content (AvgIpc) is 2.35. The molecule has 5 nitrogen and oxygen atoms in total. The summed E-state index contributed by atoms with van der Waals surface area (Å²) in [7, 11) is -3.17. The molecule has 0 aromatic rings. The molecule has 1 unspecified atom stereocenters. The number of nitrogens with zero attached hydrogens (tertiary/aromatic N) is 1. The van der Waals surface area contributed by atoms with Crippen LogP contribution in [0.1, 0.15) is 20.8 Å². The van der Waals surface area contributed by atoms with Crippen molar-refractivity contribution in [3.8, 4) is 0 Å². The molecule has 7 heteroatoms. The lowest BCUT2D eigenvalue weighted by molar-refractivity contribution is -0.220. The van der Waals surface area contributed by atoms with E-state index < -0.39 is 28.8 Å². The standard InChI is InChI=1S/C16H33NO4Si2/c1-16(2,3)23(7,8)21-14-10-9-11-17(20-14)15(18)19-12-13-22(4,5)6/h9-10,14H,11-13H2,1-8H3. The first-order valence-corrected chi connectivity index (χ1v) is 14.9. The molecule has 0 spiro atoms. The Morgan fingerprint density at radius 1 is 1.26 bits per heavy atom. The van der Waals surface area contributed by atoms with Crippen LogP contribution in [0.25, 0.3) is 0 Å². The molecule has 1 amide bonds. The van der Waals surface area contributed by atoms with E-state index in [2.05, 4.69) is 53.5 Å². The molecule has 0 N–H and O–H groups in total. The van der Waals surface area contributed by atoms with Gasteiger partial charge in [0.1, 0.15) is 0 Å². The third-order valence-corrected chi connectivity index (χ3v) is 10.4. The number of amides is 1. The molecular formula is C16H33NO4Si2. The lowest BCUT2D eigenvalue weighted by atomic mass is 10.2. The molecule has 0 aliphatic carbocycles. The molecule has 0 aromatic carbocycles. The lowest BCUT2D eigenvalue weighted by Crippen LogP contribution is -2.47. The molecule has 1 rings (SSSR count). The number of hydrogen-bond acceptors (Lipinski definition) is 4. The van der Waals surface area contributed by atoms with Gasteiger partial charge in [0, 0.05) is 8.07 Å². The number of hydrogen-bond donors (Lipinski definition) is 0. The van der Waals surface area contributed by atoms with Crippen LogP contribution >= 0.6 is 0 Å². The SMILES string of the molecule is CC(C)(C)[Si](C)(C)OC1C=CCN(C(=O)OCC[Si](C)(C)C)O1. The summed E-state index contributed by atoms with van der Waals surface area (Å²) in [5.41, 5.74) is 0. The van der Waals surface area contributed by atoms with E-state index in [0.29, 0.717) is 13.2 Å². The van der Waals surface area contributed by atoms with Crippen molar-refractivity contribution in [2.45, 2.75) is 70.9 Å². The summed E-state index contributed by atoms with van der Waals surface area (Å²) in [6.45, 7) is 18.5. The molecule has 0 saturated carbocycles. The van der Waals surface area contributed by atoms with Gasteiger partial charge in [-0.05, 0) is 30.3 Å². The number of hydroxylamine groups is 2. The Kier molecular flexibility index (Phi) is 6.66. The first-order chi connectivity index (χ1) is 10.3. The molecule has 0 saturated heterocycles. The van der Waals surface area contributed by atoms with E-state index in [1.54, 1.807) is 0 Å². The van der Waals surface area contributed by atoms with Gasteiger partial charge in [0.25, 0.3) is 0 Å². The van der Waals surface area contributed by atoms with Gasteiger partial charge in [-0.3, -0.25) is 0 Å². The van der Waals surface area contributed by atoms with Crippen molar-refractivity contribution in [1.82, 2.24) is 5.06 Å². The van der Waals surface area contributed by atoms with Gasteiger partial charge < -0.3 is 9.16 Å². The zero-order valence-corrected chi connectivity index (χ0v) is 17.9. The van der Waals surface area contributed by atoms with Gasteiger partial charge in [0.2, 0.25) is 0 Å². The summed E-state index contributed by atoms with van der Waals surface area (Å²) < 4.78 is 11.5. The fourth-order valence-electron chi connectivity index (χ4n) is 1.63. The quantitative estimate of drug-likeness (QED) is 0.531. The number of carbonyl (C=O) groups is 1. The van der Waals surface area contributed by atoms with Crippen LogP contribution < -0.4 is 0 Å². The second kappa shape index (κ2) is 7.50. The van der Waals surface area contributed by atoms with Gasteiger partial charge in [0.15, 0.2) is 14.6 Å². The fourth-order valence-corrected chi connectivity index (χ4v) is 3.40. The van der Waals surface area contributed by atoms with Crippen LogP contribution in [0.3, 0.4) is 0 Å². The van der Waals surface area contributed by atoms with Crippen LogP contribution in [-0.2, 0) is 14.0 Å². The van der Waals surface area contributed by atoms with Crippen LogP contribution in [0, 0.1) is 0 Å². The third-order valence-electron chi connectivity index (χ3n) is 4.29. The highest BCUT2D eigenvalue weighted by molar-refractivity contribution is 6.76. The van der Waals surface area contributed by atoms with E-state index in [0.717, 1.165) is 6.04 Å². The molecule has 0 bridgehead atoms. The predicted molar refractivity (Wildman–Crippen MR) is 98.5 cm³/mol. The first kappa shape index (κ1) is 20.4. The van der Waals surface area contributed by atoms with Crippen molar-refractivity contribution in [3.05, 3.63) is 12.2 Å². The summed E-state index contributed by atoms with van der Waals surface area (Å²) in [4.78, 5) is 17.8.